The molecule has 0 aliphatic rings. The molecule has 70 valence electrons. The van der Waals surface area contributed by atoms with E-state index in [0.29, 0.717) is 6.61 Å². The zero-order valence-corrected chi connectivity index (χ0v) is 8.75. The highest BCUT2D eigenvalue weighted by Gasteiger charge is 2.20. The highest BCUT2D eigenvalue weighted by atomic mass is 31.1. The number of rotatable bonds is 4. The molecule has 3 heteroatoms. The van der Waals surface area contributed by atoms with Gasteiger partial charge in [-0.25, -0.2) is 4.57 Å². The second-order valence-electron chi connectivity index (χ2n) is 3.60. The van der Waals surface area contributed by atoms with Crippen molar-refractivity contribution < 1.29 is 9.09 Å². The van der Waals surface area contributed by atoms with Crippen molar-refractivity contribution in [3.05, 3.63) is 35.9 Å². The lowest BCUT2D eigenvalue weighted by atomic mass is 9.86. The first-order valence-electron chi connectivity index (χ1n) is 4.17. The minimum atomic E-state index is -0.250. The molecule has 0 unspecified atom stereocenters. The summed E-state index contributed by atoms with van der Waals surface area (Å²) in [7, 11) is -0.250. The predicted molar refractivity (Wildman–Crippen MR) is 53.0 cm³/mol. The van der Waals surface area contributed by atoms with Gasteiger partial charge in [0.1, 0.15) is 0 Å². The fourth-order valence-corrected chi connectivity index (χ4v) is 1.54. The van der Waals surface area contributed by atoms with Crippen LogP contribution in [0.5, 0.6) is 0 Å². The SMILES string of the molecule is CC(C)(COP=O)c1ccccc1. The summed E-state index contributed by atoms with van der Waals surface area (Å²) in [5.74, 6) is 0. The van der Waals surface area contributed by atoms with Crippen LogP contribution in [0.25, 0.3) is 0 Å². The van der Waals surface area contributed by atoms with Gasteiger partial charge in [0.25, 0.3) is 0 Å². The lowest BCUT2D eigenvalue weighted by Gasteiger charge is -2.22. The molecule has 0 heterocycles. The molecule has 0 spiro atoms. The Balaban J connectivity index is 2.74. The highest BCUT2D eigenvalue weighted by molar-refractivity contribution is 7.17. The Morgan fingerprint density at radius 3 is 2.46 bits per heavy atom. The zero-order chi connectivity index (χ0) is 9.73. The van der Waals surface area contributed by atoms with Crippen LogP contribution < -0.4 is 0 Å². The first-order chi connectivity index (χ1) is 6.17. The van der Waals surface area contributed by atoms with Gasteiger partial charge in [0.15, 0.2) is 0 Å². The summed E-state index contributed by atoms with van der Waals surface area (Å²) in [6.45, 7) is 4.59. The fraction of sp³-hybridized carbons (Fsp3) is 0.400. The Bertz CT molecular complexity index is 270. The normalized spacial score (nSPS) is 11.8. The van der Waals surface area contributed by atoms with E-state index in [9.17, 15) is 4.57 Å². The maximum absolute atomic E-state index is 10.2. The van der Waals surface area contributed by atoms with Crippen molar-refractivity contribution in [1.29, 1.82) is 0 Å². The van der Waals surface area contributed by atoms with E-state index in [1.165, 1.54) is 5.56 Å². The lowest BCUT2D eigenvalue weighted by molar-refractivity contribution is 0.260. The monoisotopic (exact) mass is 196 g/mol. The molecular weight excluding hydrogens is 183 g/mol. The molecule has 0 saturated carbocycles. The van der Waals surface area contributed by atoms with Crippen LogP contribution in [0, 0.1) is 0 Å². The van der Waals surface area contributed by atoms with E-state index >= 15 is 0 Å². The van der Waals surface area contributed by atoms with Gasteiger partial charge in [0.05, 0.1) is 6.61 Å². The maximum atomic E-state index is 10.2. The van der Waals surface area contributed by atoms with Gasteiger partial charge < -0.3 is 0 Å². The summed E-state index contributed by atoms with van der Waals surface area (Å²) in [6.07, 6.45) is 0. The fourth-order valence-electron chi connectivity index (χ4n) is 1.16. The van der Waals surface area contributed by atoms with Crippen molar-refractivity contribution in [2.75, 3.05) is 6.61 Å². The summed E-state index contributed by atoms with van der Waals surface area (Å²) < 4.78 is 15.0. The molecule has 2 nitrogen and oxygen atoms in total. The topological polar surface area (TPSA) is 26.3 Å². The third-order valence-electron chi connectivity index (χ3n) is 2.03. The van der Waals surface area contributed by atoms with Crippen molar-refractivity contribution in [2.45, 2.75) is 19.3 Å². The van der Waals surface area contributed by atoms with Gasteiger partial charge in [0, 0.05) is 5.41 Å². The molecule has 0 aliphatic heterocycles. The summed E-state index contributed by atoms with van der Waals surface area (Å²) in [5, 5.41) is 0. The Morgan fingerprint density at radius 2 is 1.92 bits per heavy atom. The summed E-state index contributed by atoms with van der Waals surface area (Å²) >= 11 is 0. The number of hydrogen-bond acceptors (Lipinski definition) is 2. The van der Waals surface area contributed by atoms with Crippen LogP contribution in [-0.2, 0) is 14.5 Å². The van der Waals surface area contributed by atoms with E-state index in [-0.39, 0.29) is 14.1 Å². The van der Waals surface area contributed by atoms with E-state index in [2.05, 4.69) is 13.8 Å². The molecule has 0 amide bonds. The van der Waals surface area contributed by atoms with Crippen LogP contribution in [0.3, 0.4) is 0 Å². The average Bonchev–Trinajstić information content (AvgIpc) is 2.16. The van der Waals surface area contributed by atoms with Crippen molar-refractivity contribution in [1.82, 2.24) is 0 Å². The van der Waals surface area contributed by atoms with Gasteiger partial charge >= 0.3 is 8.69 Å². The molecule has 0 radical (unpaired) electrons. The van der Waals surface area contributed by atoms with Gasteiger partial charge in [0.2, 0.25) is 0 Å². The van der Waals surface area contributed by atoms with Gasteiger partial charge in [-0.2, -0.15) is 0 Å². The highest BCUT2D eigenvalue weighted by Crippen LogP contribution is 2.24. The maximum Gasteiger partial charge on any atom is 0.327 e. The second-order valence-corrected chi connectivity index (χ2v) is 4.01. The van der Waals surface area contributed by atoms with E-state index < -0.39 is 0 Å². The van der Waals surface area contributed by atoms with Gasteiger partial charge in [-0.1, -0.05) is 44.2 Å². The molecule has 0 bridgehead atoms. The van der Waals surface area contributed by atoms with Crippen LogP contribution in [0.15, 0.2) is 30.3 Å². The smallest absolute Gasteiger partial charge is 0.293 e. The van der Waals surface area contributed by atoms with E-state index in [4.69, 9.17) is 4.52 Å². The molecule has 1 rings (SSSR count). The van der Waals surface area contributed by atoms with Crippen LogP contribution in [0.2, 0.25) is 0 Å². The average molecular weight is 196 g/mol. The number of hydrogen-bond donors (Lipinski definition) is 0. The molecule has 0 fully saturated rings. The first-order valence-corrected chi connectivity index (χ1v) is 4.90. The summed E-state index contributed by atoms with van der Waals surface area (Å²) in [4.78, 5) is 0. The molecule has 0 N–H and O–H groups in total. The largest absolute Gasteiger partial charge is 0.327 e. The van der Waals surface area contributed by atoms with E-state index in [1.54, 1.807) is 0 Å². The van der Waals surface area contributed by atoms with Gasteiger partial charge in [-0.05, 0) is 5.56 Å². The molecule has 0 saturated heterocycles. The summed E-state index contributed by atoms with van der Waals surface area (Å²) in [6, 6.07) is 10.1. The van der Waals surface area contributed by atoms with E-state index in [1.807, 2.05) is 30.3 Å². The second kappa shape index (κ2) is 4.50. The van der Waals surface area contributed by atoms with Crippen LogP contribution in [0.1, 0.15) is 19.4 Å². The van der Waals surface area contributed by atoms with Crippen LogP contribution >= 0.6 is 8.69 Å². The van der Waals surface area contributed by atoms with Crippen LogP contribution in [-0.4, -0.2) is 6.61 Å². The molecule has 0 aliphatic carbocycles. The first kappa shape index (κ1) is 10.4. The minimum absolute atomic E-state index is 0.0847. The minimum Gasteiger partial charge on any atom is -0.293 e. The van der Waals surface area contributed by atoms with Gasteiger partial charge in [-0.3, -0.25) is 4.52 Å². The molecule has 0 aromatic heterocycles. The zero-order valence-electron chi connectivity index (χ0n) is 7.86. The molecule has 1 aromatic rings. The van der Waals surface area contributed by atoms with E-state index in [0.717, 1.165) is 0 Å². The summed E-state index contributed by atoms with van der Waals surface area (Å²) in [5.41, 5.74) is 1.11. The molecular formula is C10H13O2P. The standard InChI is InChI=1S/C10H13O2P/c1-10(2,8-12-13-11)9-6-4-3-5-7-9/h3-7H,8H2,1-2H3. The van der Waals surface area contributed by atoms with Crippen molar-refractivity contribution >= 4 is 8.69 Å². The third kappa shape index (κ3) is 2.91. The molecule has 13 heavy (non-hydrogen) atoms. The Kier molecular flexibility index (Phi) is 3.58. The number of benzene rings is 1. The van der Waals surface area contributed by atoms with Crippen molar-refractivity contribution in [2.24, 2.45) is 0 Å². The quantitative estimate of drug-likeness (QED) is 0.691. The molecule has 0 atom stereocenters. The Morgan fingerprint density at radius 1 is 1.31 bits per heavy atom. The Hall–Kier alpha value is -0.720. The van der Waals surface area contributed by atoms with Gasteiger partial charge in [-0.15, -0.1) is 0 Å². The predicted octanol–water partition coefficient (Wildman–Crippen LogP) is 3.19. The van der Waals surface area contributed by atoms with Crippen LogP contribution in [0.4, 0.5) is 0 Å². The lowest BCUT2D eigenvalue weighted by Crippen LogP contribution is -2.22. The third-order valence-corrected chi connectivity index (χ3v) is 2.27. The van der Waals surface area contributed by atoms with Crippen molar-refractivity contribution in [3.63, 3.8) is 0 Å². The molecule has 1 aromatic carbocycles. The Labute approximate surface area is 80.2 Å². The van der Waals surface area contributed by atoms with Crippen molar-refractivity contribution in [3.8, 4) is 0 Å².